The van der Waals surface area contributed by atoms with Crippen molar-refractivity contribution in [2.45, 2.75) is 18.6 Å². The number of nitrogens with zero attached hydrogens (tertiary/aromatic N) is 3. The van der Waals surface area contributed by atoms with Crippen LogP contribution >= 0.6 is 11.6 Å². The van der Waals surface area contributed by atoms with E-state index in [-0.39, 0.29) is 22.0 Å². The number of nitrogens with one attached hydrogen (secondary N) is 1. The summed E-state index contributed by atoms with van der Waals surface area (Å²) in [5.74, 6) is -1.37. The molecule has 2 aromatic rings. The summed E-state index contributed by atoms with van der Waals surface area (Å²) in [5.41, 5.74) is -0.555. The first-order valence-corrected chi connectivity index (χ1v) is 9.25. The highest BCUT2D eigenvalue weighted by Gasteiger charge is 2.22. The van der Waals surface area contributed by atoms with E-state index in [1.807, 2.05) is 4.72 Å². The van der Waals surface area contributed by atoms with Gasteiger partial charge in [0.2, 0.25) is 28.3 Å². The largest absolute Gasteiger partial charge is 0.481 e. The third-order valence-electron chi connectivity index (χ3n) is 3.23. The smallest absolute Gasteiger partial charge is 0.275 e. The quantitative estimate of drug-likeness (QED) is 0.512. The Morgan fingerprint density at radius 3 is 2.67 bits per heavy atom. The lowest BCUT2D eigenvalue weighted by Gasteiger charge is -2.10. The van der Waals surface area contributed by atoms with Gasteiger partial charge in [-0.3, -0.25) is 14.8 Å². The maximum Gasteiger partial charge on any atom is 0.275 e. The van der Waals surface area contributed by atoms with Crippen LogP contribution in [0.1, 0.15) is 11.1 Å². The van der Waals surface area contributed by atoms with Gasteiger partial charge in [-0.15, -0.1) is 0 Å². The molecule has 27 heavy (non-hydrogen) atoms. The van der Waals surface area contributed by atoms with Gasteiger partial charge < -0.3 is 4.74 Å². The van der Waals surface area contributed by atoms with Crippen LogP contribution < -0.4 is 9.46 Å². The zero-order valence-electron chi connectivity index (χ0n) is 13.7. The lowest BCUT2D eigenvalue weighted by molar-refractivity contribution is -0.385. The van der Waals surface area contributed by atoms with Crippen molar-refractivity contribution in [2.24, 2.45) is 0 Å². The summed E-state index contributed by atoms with van der Waals surface area (Å²) in [6.07, 6.45) is -2.30. The normalized spacial score (nSPS) is 11.4. The standard InChI is InChI=1S/C14H13ClF2N4O5S/c1-26-13-9(4-12(16)17)6-18-14(19-13)20-27(24,25)7-8-2-3-10(15)5-11(8)21(22)23/h2-3,5-6,12H,4,7H2,1H3,(H,18,19,20). The van der Waals surface area contributed by atoms with Crippen molar-refractivity contribution in [2.75, 3.05) is 11.8 Å². The van der Waals surface area contributed by atoms with Gasteiger partial charge >= 0.3 is 0 Å². The maximum absolute atomic E-state index is 12.5. The van der Waals surface area contributed by atoms with E-state index in [0.717, 1.165) is 12.3 Å². The van der Waals surface area contributed by atoms with Crippen LogP contribution in [0.2, 0.25) is 5.02 Å². The Bertz CT molecular complexity index is 959. The molecule has 1 aromatic heterocycles. The summed E-state index contributed by atoms with van der Waals surface area (Å²) in [5, 5.41) is 11.1. The van der Waals surface area contributed by atoms with Crippen LogP contribution in [0, 0.1) is 10.1 Å². The molecule has 0 amide bonds. The van der Waals surface area contributed by atoms with E-state index in [1.54, 1.807) is 0 Å². The van der Waals surface area contributed by atoms with Crippen molar-refractivity contribution < 1.29 is 26.9 Å². The third-order valence-corrected chi connectivity index (χ3v) is 4.65. The van der Waals surface area contributed by atoms with Crippen molar-refractivity contribution >= 4 is 33.3 Å². The fourth-order valence-corrected chi connectivity index (χ4v) is 3.40. The van der Waals surface area contributed by atoms with Gasteiger partial charge in [-0.25, -0.2) is 22.2 Å². The number of benzene rings is 1. The van der Waals surface area contributed by atoms with E-state index in [1.165, 1.54) is 19.2 Å². The molecule has 0 spiro atoms. The van der Waals surface area contributed by atoms with Crippen molar-refractivity contribution in [3.63, 3.8) is 0 Å². The summed E-state index contributed by atoms with van der Waals surface area (Å²) in [4.78, 5) is 17.7. The van der Waals surface area contributed by atoms with E-state index in [2.05, 4.69) is 9.97 Å². The lowest BCUT2D eigenvalue weighted by Crippen LogP contribution is -2.18. The molecule has 0 saturated heterocycles. The van der Waals surface area contributed by atoms with Crippen molar-refractivity contribution in [3.8, 4) is 5.88 Å². The highest BCUT2D eigenvalue weighted by atomic mass is 35.5. The molecule has 2 rings (SSSR count). The van der Waals surface area contributed by atoms with Crippen LogP contribution in [-0.4, -0.2) is 36.8 Å². The topological polar surface area (TPSA) is 124 Å². The number of alkyl halides is 2. The second kappa shape index (κ2) is 8.39. The molecule has 9 nitrogen and oxygen atoms in total. The number of sulfonamides is 1. The number of hydrogen-bond acceptors (Lipinski definition) is 7. The summed E-state index contributed by atoms with van der Waals surface area (Å²) < 4.78 is 56.4. The van der Waals surface area contributed by atoms with Crippen molar-refractivity contribution in [3.05, 3.63) is 50.7 Å². The molecule has 1 aromatic carbocycles. The molecule has 0 aliphatic rings. The molecule has 0 radical (unpaired) electrons. The zero-order chi connectivity index (χ0) is 20.2. The minimum atomic E-state index is -4.14. The number of anilines is 1. The molecule has 0 fully saturated rings. The summed E-state index contributed by atoms with van der Waals surface area (Å²) in [6.45, 7) is 0. The molecule has 0 aliphatic heterocycles. The second-order valence-corrected chi connectivity index (χ2v) is 7.37. The summed E-state index contributed by atoms with van der Waals surface area (Å²) in [6, 6.07) is 3.57. The molecule has 0 saturated carbocycles. The molecule has 0 bridgehead atoms. The average Bonchev–Trinajstić information content (AvgIpc) is 2.56. The van der Waals surface area contributed by atoms with Gasteiger partial charge in [0.1, 0.15) is 5.75 Å². The Balaban J connectivity index is 2.25. The van der Waals surface area contributed by atoms with E-state index in [0.29, 0.717) is 0 Å². The molecule has 1 heterocycles. The number of ether oxygens (including phenoxy) is 1. The van der Waals surface area contributed by atoms with Gasteiger partial charge in [-0.1, -0.05) is 11.6 Å². The predicted molar refractivity (Wildman–Crippen MR) is 92.6 cm³/mol. The molecule has 146 valence electrons. The molecule has 13 heteroatoms. The van der Waals surface area contributed by atoms with Gasteiger partial charge in [0.05, 0.1) is 12.0 Å². The summed E-state index contributed by atoms with van der Waals surface area (Å²) >= 11 is 5.69. The third kappa shape index (κ3) is 5.69. The van der Waals surface area contributed by atoms with Crippen molar-refractivity contribution in [1.29, 1.82) is 0 Å². The first-order valence-electron chi connectivity index (χ1n) is 7.22. The highest BCUT2D eigenvalue weighted by molar-refractivity contribution is 7.91. The van der Waals surface area contributed by atoms with E-state index in [9.17, 15) is 27.3 Å². The number of nitro benzene ring substituents is 1. The summed E-state index contributed by atoms with van der Waals surface area (Å²) in [7, 11) is -2.96. The van der Waals surface area contributed by atoms with Crippen LogP contribution in [0.3, 0.4) is 0 Å². The number of rotatable bonds is 8. The first-order chi connectivity index (χ1) is 12.6. The Morgan fingerprint density at radius 2 is 2.07 bits per heavy atom. The van der Waals surface area contributed by atoms with Crippen LogP contribution in [0.25, 0.3) is 0 Å². The minimum Gasteiger partial charge on any atom is -0.481 e. The molecule has 0 atom stereocenters. The van der Waals surface area contributed by atoms with Gasteiger partial charge in [0.25, 0.3) is 5.69 Å². The minimum absolute atomic E-state index is 0.00351. The highest BCUT2D eigenvalue weighted by Crippen LogP contribution is 2.26. The molecule has 1 N–H and O–H groups in total. The molecular weight excluding hydrogens is 410 g/mol. The van der Waals surface area contributed by atoms with Crippen LogP contribution in [0.15, 0.2) is 24.4 Å². The Morgan fingerprint density at radius 1 is 1.37 bits per heavy atom. The Hall–Kier alpha value is -2.60. The van der Waals surface area contributed by atoms with E-state index >= 15 is 0 Å². The molecule has 0 unspecified atom stereocenters. The number of hydrogen-bond donors (Lipinski definition) is 1. The van der Waals surface area contributed by atoms with Gasteiger partial charge in [-0.2, -0.15) is 4.98 Å². The SMILES string of the molecule is COc1nc(NS(=O)(=O)Cc2ccc(Cl)cc2[N+](=O)[O-])ncc1CC(F)F. The zero-order valence-corrected chi connectivity index (χ0v) is 15.3. The molecular formula is C14H13ClF2N4O5S. The fourth-order valence-electron chi connectivity index (χ4n) is 2.13. The van der Waals surface area contributed by atoms with E-state index in [4.69, 9.17) is 16.3 Å². The van der Waals surface area contributed by atoms with Crippen LogP contribution in [0.4, 0.5) is 20.4 Å². The predicted octanol–water partition coefficient (Wildman–Crippen LogP) is 2.80. The van der Waals surface area contributed by atoms with E-state index < -0.39 is 45.2 Å². The number of halogens is 3. The average molecular weight is 423 g/mol. The Labute approximate surface area is 157 Å². The maximum atomic E-state index is 12.5. The second-order valence-electron chi connectivity index (χ2n) is 5.21. The lowest BCUT2D eigenvalue weighted by atomic mass is 10.2. The van der Waals surface area contributed by atoms with Crippen molar-refractivity contribution in [1.82, 2.24) is 9.97 Å². The van der Waals surface area contributed by atoms with Gasteiger partial charge in [-0.05, 0) is 12.1 Å². The fraction of sp³-hybridized carbons (Fsp3) is 0.286. The van der Waals surface area contributed by atoms with Gasteiger partial charge in [0.15, 0.2) is 0 Å². The first kappa shape index (κ1) is 20.7. The van der Waals surface area contributed by atoms with Crippen LogP contribution in [-0.2, 0) is 22.2 Å². The number of nitro groups is 1. The van der Waals surface area contributed by atoms with Gasteiger partial charge in [0, 0.05) is 34.8 Å². The van der Waals surface area contributed by atoms with Crippen LogP contribution in [0.5, 0.6) is 5.88 Å². The number of methoxy groups -OCH3 is 1. The monoisotopic (exact) mass is 422 g/mol. The Kier molecular flexibility index (Phi) is 6.44. The number of aromatic nitrogens is 2. The molecule has 0 aliphatic carbocycles.